The predicted octanol–water partition coefficient (Wildman–Crippen LogP) is 4.86. The van der Waals surface area contributed by atoms with Gasteiger partial charge in [-0.3, -0.25) is 18.7 Å². The Bertz CT molecular complexity index is 2870. The summed E-state index contributed by atoms with van der Waals surface area (Å²) in [5.74, 6) is -7.07. The van der Waals surface area contributed by atoms with Gasteiger partial charge in [-0.05, 0) is 106 Å². The Balaban J connectivity index is 1.30. The van der Waals surface area contributed by atoms with Gasteiger partial charge in [-0.1, -0.05) is 0 Å². The van der Waals surface area contributed by atoms with E-state index in [0.717, 1.165) is 29.2 Å². The number of hydrogen-bond donors (Lipinski definition) is 3. The molecule has 62 heavy (non-hydrogen) atoms. The van der Waals surface area contributed by atoms with Crippen molar-refractivity contribution < 1.29 is 49.2 Å². The van der Waals surface area contributed by atoms with E-state index in [4.69, 9.17) is 8.83 Å². The Hall–Kier alpha value is -6.74. The van der Waals surface area contributed by atoms with Gasteiger partial charge in [0.25, 0.3) is 0 Å². The van der Waals surface area contributed by atoms with Crippen LogP contribution in [0.15, 0.2) is 91.2 Å². The standard InChI is InChI=1S/C41H41F4N7O9S/c1-5-49(29-9-11-35-33(21-29)51(7-3)40(56)60-35)37(53)31(17-23-13-25(42)19-26(43)14-23)46-39(55)48-62(58,59)47-32(18-24-15-27(44)20-28(45)16-24)38(54)50(6-2)30-10-12-36-34(22-30)52(8-4)41(57)61-36/h9-16,19-22,31-32,47H,5-8,17-18H2,1-4H3,(H2,46,48,55)/t31?,32-/m0/s1. The number of anilines is 2. The zero-order valence-electron chi connectivity index (χ0n) is 33.7. The fraction of sp³-hybridized carbons (Fsp3) is 0.293. The molecule has 0 radical (unpaired) electrons. The number of urea groups is 1. The third-order valence-corrected chi connectivity index (χ3v) is 10.9. The Morgan fingerprint density at radius 2 is 1.03 bits per heavy atom. The maximum Gasteiger partial charge on any atom is 0.419 e. The van der Waals surface area contributed by atoms with Gasteiger partial charge in [0, 0.05) is 56.1 Å². The lowest BCUT2D eigenvalue weighted by Crippen LogP contribution is -2.57. The number of benzene rings is 4. The van der Waals surface area contributed by atoms with E-state index in [-0.39, 0.29) is 59.8 Å². The number of hydrogen-bond acceptors (Lipinski definition) is 9. The lowest BCUT2D eigenvalue weighted by Gasteiger charge is -2.28. The molecule has 2 aromatic heterocycles. The van der Waals surface area contributed by atoms with Crippen molar-refractivity contribution in [3.05, 3.63) is 128 Å². The minimum Gasteiger partial charge on any atom is -0.408 e. The number of aryl methyl sites for hydroxylation is 2. The zero-order valence-corrected chi connectivity index (χ0v) is 34.5. The second-order valence-corrected chi connectivity index (χ2v) is 15.4. The van der Waals surface area contributed by atoms with E-state index in [0.29, 0.717) is 23.2 Å². The molecule has 4 aromatic carbocycles. The molecule has 0 spiro atoms. The number of rotatable bonds is 16. The molecule has 6 rings (SSSR count). The van der Waals surface area contributed by atoms with Crippen molar-refractivity contribution in [1.29, 1.82) is 0 Å². The summed E-state index contributed by atoms with van der Waals surface area (Å²) < 4.78 is 102. The van der Waals surface area contributed by atoms with Crippen molar-refractivity contribution in [2.24, 2.45) is 0 Å². The van der Waals surface area contributed by atoms with Crippen molar-refractivity contribution in [3.63, 3.8) is 0 Å². The first-order valence-corrected chi connectivity index (χ1v) is 20.8. The van der Waals surface area contributed by atoms with Crippen LogP contribution in [0.5, 0.6) is 0 Å². The van der Waals surface area contributed by atoms with Crippen LogP contribution >= 0.6 is 0 Å². The maximum atomic E-state index is 14.3. The van der Waals surface area contributed by atoms with Gasteiger partial charge in [-0.15, -0.1) is 0 Å². The summed E-state index contributed by atoms with van der Waals surface area (Å²) in [5.41, 5.74) is 1.35. The van der Waals surface area contributed by atoms with Crippen LogP contribution in [0.4, 0.5) is 33.7 Å². The maximum absolute atomic E-state index is 14.3. The first-order valence-electron chi connectivity index (χ1n) is 19.3. The van der Waals surface area contributed by atoms with Crippen LogP contribution in [0, 0.1) is 23.3 Å². The number of likely N-dealkylation sites (N-methyl/N-ethyl adjacent to an activating group) is 2. The smallest absolute Gasteiger partial charge is 0.408 e. The normalized spacial score (nSPS) is 12.6. The van der Waals surface area contributed by atoms with Crippen LogP contribution in [0.1, 0.15) is 38.8 Å². The van der Waals surface area contributed by atoms with Crippen LogP contribution in [0.3, 0.4) is 0 Å². The van der Waals surface area contributed by atoms with Crippen molar-refractivity contribution in [2.45, 2.75) is 65.7 Å². The van der Waals surface area contributed by atoms with Crippen molar-refractivity contribution in [2.75, 3.05) is 22.9 Å². The Morgan fingerprint density at radius 1 is 0.629 bits per heavy atom. The van der Waals surface area contributed by atoms with Crippen LogP contribution in [0.2, 0.25) is 0 Å². The highest BCUT2D eigenvalue weighted by molar-refractivity contribution is 7.88. The molecule has 0 saturated carbocycles. The van der Waals surface area contributed by atoms with Crippen molar-refractivity contribution in [1.82, 2.24) is 23.9 Å². The number of aromatic nitrogens is 2. The van der Waals surface area contributed by atoms with E-state index < -0.39 is 87.8 Å². The van der Waals surface area contributed by atoms with Gasteiger partial charge >= 0.3 is 27.8 Å². The lowest BCUT2D eigenvalue weighted by atomic mass is 10.0. The summed E-state index contributed by atoms with van der Waals surface area (Å²) >= 11 is 0. The molecule has 328 valence electrons. The van der Waals surface area contributed by atoms with Crippen LogP contribution in [-0.2, 0) is 45.7 Å². The van der Waals surface area contributed by atoms with E-state index in [2.05, 4.69) is 10.0 Å². The molecule has 2 atom stereocenters. The minimum atomic E-state index is -5.09. The van der Waals surface area contributed by atoms with Crippen LogP contribution in [0.25, 0.3) is 22.2 Å². The quantitative estimate of drug-likeness (QED) is 0.114. The first-order chi connectivity index (χ1) is 29.4. The van der Waals surface area contributed by atoms with Crippen LogP contribution < -0.4 is 36.1 Å². The summed E-state index contributed by atoms with van der Waals surface area (Å²) in [6, 6.07) is 8.58. The summed E-state index contributed by atoms with van der Waals surface area (Å²) in [5, 5.41) is 2.26. The highest BCUT2D eigenvalue weighted by Gasteiger charge is 2.33. The zero-order chi connectivity index (χ0) is 45.0. The molecule has 0 aliphatic rings. The average Bonchev–Trinajstić information content (AvgIpc) is 3.69. The van der Waals surface area contributed by atoms with Crippen LogP contribution in [-0.4, -0.2) is 60.6 Å². The molecule has 2 heterocycles. The third-order valence-electron chi connectivity index (χ3n) is 9.87. The predicted molar refractivity (Wildman–Crippen MR) is 220 cm³/mol. The lowest BCUT2D eigenvalue weighted by molar-refractivity contribution is -0.120. The summed E-state index contributed by atoms with van der Waals surface area (Å²) in [4.78, 5) is 69.1. The summed E-state index contributed by atoms with van der Waals surface area (Å²) in [7, 11) is -5.09. The van der Waals surface area contributed by atoms with Gasteiger partial charge in [0.15, 0.2) is 11.2 Å². The SMILES string of the molecule is CCN(C(=O)C(Cc1cc(F)cc(F)c1)NC(=O)NS(=O)(=O)N[C@@H](Cc1cc(F)cc(F)c1)C(=O)N(CC)c1ccc2oc(=O)n(CC)c2c1)c1ccc2oc(=O)n(CC)c2c1. The molecule has 0 bridgehead atoms. The van der Waals surface area contributed by atoms with E-state index in [9.17, 15) is 50.0 Å². The van der Waals surface area contributed by atoms with Gasteiger partial charge in [0.1, 0.15) is 35.4 Å². The molecule has 21 heteroatoms. The minimum absolute atomic E-state index is 0.0296. The van der Waals surface area contributed by atoms with E-state index >= 15 is 0 Å². The second-order valence-electron chi connectivity index (χ2n) is 14.0. The fourth-order valence-corrected chi connectivity index (χ4v) is 8.10. The van der Waals surface area contributed by atoms with E-state index in [1.54, 1.807) is 32.4 Å². The topological polar surface area (TPSA) is 198 Å². The molecular weight excluding hydrogens is 843 g/mol. The van der Waals surface area contributed by atoms with Gasteiger partial charge < -0.3 is 24.0 Å². The first kappa shape index (κ1) is 44.8. The summed E-state index contributed by atoms with van der Waals surface area (Å²) in [6.45, 7) is 6.93. The highest BCUT2D eigenvalue weighted by Crippen LogP contribution is 2.25. The fourth-order valence-electron chi connectivity index (χ4n) is 7.18. The molecule has 3 N–H and O–H groups in total. The van der Waals surface area contributed by atoms with Crippen molar-refractivity contribution in [3.8, 4) is 0 Å². The van der Waals surface area contributed by atoms with Gasteiger partial charge in [-0.2, -0.15) is 13.1 Å². The molecule has 0 fully saturated rings. The molecule has 6 aromatic rings. The average molecular weight is 884 g/mol. The number of carbonyl (C=O) groups excluding carboxylic acids is 3. The number of carbonyl (C=O) groups is 3. The van der Waals surface area contributed by atoms with Gasteiger partial charge in [-0.25, -0.2) is 36.7 Å². The van der Waals surface area contributed by atoms with E-state index in [1.807, 2.05) is 0 Å². The molecule has 4 amide bonds. The third kappa shape index (κ3) is 9.89. The number of oxazole rings is 2. The molecule has 0 aliphatic carbocycles. The number of amides is 4. The molecular formula is C41H41F4N7O9S. The molecule has 0 saturated heterocycles. The number of nitrogens with one attached hydrogen (secondary N) is 3. The monoisotopic (exact) mass is 883 g/mol. The molecule has 16 nitrogen and oxygen atoms in total. The molecule has 0 aliphatic heterocycles. The number of nitrogens with zero attached hydrogens (tertiary/aromatic N) is 4. The summed E-state index contributed by atoms with van der Waals surface area (Å²) in [6.07, 6.45) is -1.16. The Morgan fingerprint density at radius 3 is 1.44 bits per heavy atom. The highest BCUT2D eigenvalue weighted by atomic mass is 32.2. The Kier molecular flexibility index (Phi) is 13.4. The largest absolute Gasteiger partial charge is 0.419 e. The number of fused-ring (bicyclic) bond motifs is 2. The van der Waals surface area contributed by atoms with E-state index in [1.165, 1.54) is 50.4 Å². The number of halogens is 4. The van der Waals surface area contributed by atoms with Gasteiger partial charge in [0.05, 0.1) is 11.0 Å². The van der Waals surface area contributed by atoms with Crippen molar-refractivity contribution >= 4 is 61.6 Å². The second kappa shape index (κ2) is 18.5. The van der Waals surface area contributed by atoms with Gasteiger partial charge in [0.2, 0.25) is 11.8 Å². The molecule has 1 unspecified atom stereocenters. The Labute approximate surface area is 350 Å².